The van der Waals surface area contributed by atoms with Gasteiger partial charge in [-0.3, -0.25) is 4.90 Å². The van der Waals surface area contributed by atoms with Gasteiger partial charge in [0.15, 0.2) is 0 Å². The third kappa shape index (κ3) is 1.50. The third-order valence-corrected chi connectivity index (χ3v) is 3.58. The second-order valence-electron chi connectivity index (χ2n) is 4.39. The van der Waals surface area contributed by atoms with E-state index in [1.807, 2.05) is 0 Å². The molecule has 70 valence electrons. The van der Waals surface area contributed by atoms with E-state index >= 15 is 0 Å². The molecule has 2 aliphatic rings. The van der Waals surface area contributed by atoms with Gasteiger partial charge >= 0.3 is 0 Å². The predicted molar refractivity (Wildman–Crippen MR) is 51.0 cm³/mol. The van der Waals surface area contributed by atoms with Gasteiger partial charge in [-0.25, -0.2) is 0 Å². The molecule has 2 heteroatoms. The van der Waals surface area contributed by atoms with Crippen LogP contribution in [0.2, 0.25) is 0 Å². The van der Waals surface area contributed by atoms with Crippen molar-refractivity contribution in [3.05, 3.63) is 0 Å². The van der Waals surface area contributed by atoms with E-state index in [1.54, 1.807) is 0 Å². The number of nitrogens with two attached hydrogens (primary N) is 1. The van der Waals surface area contributed by atoms with E-state index in [-0.39, 0.29) is 0 Å². The van der Waals surface area contributed by atoms with Crippen LogP contribution in [-0.2, 0) is 0 Å². The van der Waals surface area contributed by atoms with Gasteiger partial charge in [0.2, 0.25) is 0 Å². The summed E-state index contributed by atoms with van der Waals surface area (Å²) in [4.78, 5) is 2.53. The predicted octanol–water partition coefficient (Wildman–Crippen LogP) is 1.21. The van der Waals surface area contributed by atoms with Crippen molar-refractivity contribution in [3.63, 3.8) is 0 Å². The van der Waals surface area contributed by atoms with Gasteiger partial charge in [-0.1, -0.05) is 6.42 Å². The largest absolute Gasteiger partial charge is 0.329 e. The Balaban J connectivity index is 1.86. The molecule has 1 unspecified atom stereocenters. The minimum atomic E-state index is 0.686. The van der Waals surface area contributed by atoms with Crippen LogP contribution in [0, 0.1) is 5.92 Å². The van der Waals surface area contributed by atoms with Gasteiger partial charge in [-0.05, 0) is 38.6 Å². The minimum Gasteiger partial charge on any atom is -0.329 e. The molecule has 0 aliphatic heterocycles. The molecular formula is C10H20N2. The lowest BCUT2D eigenvalue weighted by Gasteiger charge is -2.39. The summed E-state index contributed by atoms with van der Waals surface area (Å²) in [5.74, 6) is 0.917. The lowest BCUT2D eigenvalue weighted by molar-refractivity contribution is 0.118. The molecule has 2 aliphatic carbocycles. The van der Waals surface area contributed by atoms with Gasteiger partial charge in [0.05, 0.1) is 0 Å². The summed E-state index contributed by atoms with van der Waals surface area (Å²) < 4.78 is 0. The molecule has 2 fully saturated rings. The van der Waals surface area contributed by atoms with Crippen LogP contribution < -0.4 is 5.73 Å². The summed E-state index contributed by atoms with van der Waals surface area (Å²) in [5, 5.41) is 0. The van der Waals surface area contributed by atoms with Crippen molar-refractivity contribution in [3.8, 4) is 0 Å². The highest BCUT2D eigenvalue weighted by Crippen LogP contribution is 2.35. The zero-order chi connectivity index (χ0) is 8.55. The Kier molecular flexibility index (Phi) is 2.37. The molecule has 12 heavy (non-hydrogen) atoms. The van der Waals surface area contributed by atoms with E-state index in [2.05, 4.69) is 11.9 Å². The van der Waals surface area contributed by atoms with Crippen molar-refractivity contribution >= 4 is 0 Å². The molecule has 2 N–H and O–H groups in total. The Morgan fingerprint density at radius 3 is 2.33 bits per heavy atom. The van der Waals surface area contributed by atoms with Crippen LogP contribution in [0.1, 0.15) is 32.1 Å². The summed E-state index contributed by atoms with van der Waals surface area (Å²) in [6.45, 7) is 0.859. The number of likely N-dealkylation sites (N-methyl/N-ethyl adjacent to an activating group) is 1. The number of rotatable bonds is 4. The summed E-state index contributed by atoms with van der Waals surface area (Å²) >= 11 is 0. The van der Waals surface area contributed by atoms with Crippen molar-refractivity contribution in [2.45, 2.75) is 44.2 Å². The van der Waals surface area contributed by atoms with Gasteiger partial charge in [0, 0.05) is 18.6 Å². The first-order valence-corrected chi connectivity index (χ1v) is 5.25. The molecule has 0 radical (unpaired) electrons. The van der Waals surface area contributed by atoms with E-state index in [4.69, 9.17) is 5.73 Å². The fraction of sp³-hybridized carbons (Fsp3) is 1.00. The number of nitrogens with zero attached hydrogens (tertiary/aromatic N) is 1. The topological polar surface area (TPSA) is 29.3 Å². The van der Waals surface area contributed by atoms with Crippen LogP contribution in [0.25, 0.3) is 0 Å². The fourth-order valence-corrected chi connectivity index (χ4v) is 2.27. The summed E-state index contributed by atoms with van der Waals surface area (Å²) in [7, 11) is 2.26. The third-order valence-electron chi connectivity index (χ3n) is 3.58. The van der Waals surface area contributed by atoms with Gasteiger partial charge < -0.3 is 5.73 Å². The molecule has 0 bridgehead atoms. The Hall–Kier alpha value is -0.0800. The molecular weight excluding hydrogens is 148 g/mol. The smallest absolute Gasteiger partial charge is 0.0246 e. The number of hydrogen-bond donors (Lipinski definition) is 1. The number of hydrogen-bond acceptors (Lipinski definition) is 2. The first kappa shape index (κ1) is 8.52. The van der Waals surface area contributed by atoms with Crippen molar-refractivity contribution in [1.82, 2.24) is 4.90 Å². The van der Waals surface area contributed by atoms with Crippen LogP contribution in [0.15, 0.2) is 0 Å². The molecule has 0 aromatic rings. The van der Waals surface area contributed by atoms with Crippen LogP contribution in [0.3, 0.4) is 0 Å². The van der Waals surface area contributed by atoms with Crippen LogP contribution in [-0.4, -0.2) is 30.6 Å². The maximum atomic E-state index is 5.81. The van der Waals surface area contributed by atoms with Crippen LogP contribution in [0.4, 0.5) is 0 Å². The second kappa shape index (κ2) is 3.35. The molecule has 2 nitrogen and oxygen atoms in total. The molecule has 2 rings (SSSR count). The zero-order valence-electron chi connectivity index (χ0n) is 8.00. The minimum absolute atomic E-state index is 0.686. The molecule has 0 amide bonds. The van der Waals surface area contributed by atoms with Crippen molar-refractivity contribution in [2.24, 2.45) is 11.7 Å². The first-order chi connectivity index (χ1) is 5.83. The highest BCUT2D eigenvalue weighted by Gasteiger charge is 2.36. The molecule has 1 atom stereocenters. The van der Waals surface area contributed by atoms with Crippen molar-refractivity contribution in [1.29, 1.82) is 0 Å². The Morgan fingerprint density at radius 2 is 2.00 bits per heavy atom. The maximum Gasteiger partial charge on any atom is 0.0246 e. The standard InChI is InChI=1S/C10H20N2/c1-12(9-5-6-9)10(7-11)8-3-2-4-8/h8-10H,2-7,11H2,1H3. The summed E-state index contributed by atoms with van der Waals surface area (Å²) in [6.07, 6.45) is 7.07. The van der Waals surface area contributed by atoms with Crippen LogP contribution >= 0.6 is 0 Å². The average Bonchev–Trinajstić information content (AvgIpc) is 2.76. The Bertz CT molecular complexity index is 150. The molecule has 0 aromatic heterocycles. The molecule has 0 aromatic carbocycles. The van der Waals surface area contributed by atoms with Gasteiger partial charge in [0.25, 0.3) is 0 Å². The Labute approximate surface area is 75.1 Å². The van der Waals surface area contributed by atoms with E-state index in [0.29, 0.717) is 6.04 Å². The summed E-state index contributed by atoms with van der Waals surface area (Å²) in [6, 6.07) is 1.56. The van der Waals surface area contributed by atoms with Crippen LogP contribution in [0.5, 0.6) is 0 Å². The van der Waals surface area contributed by atoms with E-state index in [1.165, 1.54) is 32.1 Å². The van der Waals surface area contributed by atoms with Gasteiger partial charge in [-0.2, -0.15) is 0 Å². The van der Waals surface area contributed by atoms with E-state index in [0.717, 1.165) is 18.5 Å². The molecule has 0 spiro atoms. The van der Waals surface area contributed by atoms with Gasteiger partial charge in [-0.15, -0.1) is 0 Å². The van der Waals surface area contributed by atoms with E-state index in [9.17, 15) is 0 Å². The average molecular weight is 168 g/mol. The Morgan fingerprint density at radius 1 is 1.33 bits per heavy atom. The quantitative estimate of drug-likeness (QED) is 0.683. The van der Waals surface area contributed by atoms with Crippen molar-refractivity contribution in [2.75, 3.05) is 13.6 Å². The molecule has 0 saturated heterocycles. The zero-order valence-corrected chi connectivity index (χ0v) is 8.00. The highest BCUT2D eigenvalue weighted by atomic mass is 15.2. The fourth-order valence-electron chi connectivity index (χ4n) is 2.27. The SMILES string of the molecule is CN(C1CC1)C(CN)C1CCC1. The highest BCUT2D eigenvalue weighted by molar-refractivity contribution is 4.91. The second-order valence-corrected chi connectivity index (χ2v) is 4.39. The van der Waals surface area contributed by atoms with Gasteiger partial charge in [0.1, 0.15) is 0 Å². The lowest BCUT2D eigenvalue weighted by atomic mass is 9.79. The lowest BCUT2D eigenvalue weighted by Crippen LogP contribution is -2.46. The normalized spacial score (nSPS) is 27.2. The molecule has 0 heterocycles. The first-order valence-electron chi connectivity index (χ1n) is 5.25. The summed E-state index contributed by atoms with van der Waals surface area (Å²) in [5.41, 5.74) is 5.81. The molecule has 2 saturated carbocycles. The van der Waals surface area contributed by atoms with E-state index < -0.39 is 0 Å². The monoisotopic (exact) mass is 168 g/mol. The van der Waals surface area contributed by atoms with Crippen molar-refractivity contribution < 1.29 is 0 Å². The maximum absolute atomic E-state index is 5.81.